The van der Waals surface area contributed by atoms with Gasteiger partial charge < -0.3 is 13.9 Å². The second-order valence-electron chi connectivity index (χ2n) is 17.9. The normalized spacial score (nSPS) is 14.9. The Morgan fingerprint density at radius 2 is 0.970 bits per heavy atom. The predicted octanol–water partition coefficient (Wildman–Crippen LogP) is 17.3. The van der Waals surface area contributed by atoms with E-state index in [1.165, 1.54) is 81.0 Å². The zero-order valence-electron chi connectivity index (χ0n) is 36.2. The third-order valence-corrected chi connectivity index (χ3v) is 15.8. The Kier molecular flexibility index (Phi) is 7.64. The average Bonchev–Trinajstić information content (AvgIpc) is 3.92. The van der Waals surface area contributed by atoms with E-state index in [9.17, 15) is 0 Å². The molecule has 3 nitrogen and oxygen atoms in total. The van der Waals surface area contributed by atoms with Gasteiger partial charge in [-0.3, -0.25) is 0 Å². The summed E-state index contributed by atoms with van der Waals surface area (Å²) in [5, 5.41) is 9.67. The van der Waals surface area contributed by atoms with Crippen LogP contribution in [-0.2, 0) is 5.41 Å². The van der Waals surface area contributed by atoms with Gasteiger partial charge in [0.15, 0.2) is 0 Å². The largest absolute Gasteiger partial charge is 0.456 e. The number of nitrogens with zero attached hydrogens (tertiary/aromatic N) is 2. The van der Waals surface area contributed by atoms with Gasteiger partial charge in [-0.05, 0) is 116 Å². The number of hydrogen-bond donors (Lipinski definition) is 0. The van der Waals surface area contributed by atoms with Crippen molar-refractivity contribution in [2.24, 2.45) is 0 Å². The monoisotopic (exact) mass is 870 g/mol. The number of benzene rings is 11. The molecule has 13 aromatic rings. The molecule has 1 unspecified atom stereocenters. The van der Waals surface area contributed by atoms with Gasteiger partial charge in [-0.15, -0.1) is 0 Å². The maximum atomic E-state index is 6.63. The van der Waals surface area contributed by atoms with Crippen LogP contribution in [0.3, 0.4) is 0 Å². The molecule has 67 heavy (non-hydrogen) atoms. The van der Waals surface area contributed by atoms with E-state index in [4.69, 9.17) is 4.42 Å². The van der Waals surface area contributed by atoms with Crippen molar-refractivity contribution in [2.75, 3.05) is 4.90 Å². The van der Waals surface area contributed by atoms with Crippen LogP contribution < -0.4 is 4.90 Å². The summed E-state index contributed by atoms with van der Waals surface area (Å²) in [7, 11) is 0. The van der Waals surface area contributed by atoms with E-state index in [0.29, 0.717) is 0 Å². The number of fused-ring (bicyclic) bond motifs is 15. The highest BCUT2D eigenvalue weighted by Gasteiger charge is 2.48. The van der Waals surface area contributed by atoms with Crippen molar-refractivity contribution in [3.05, 3.63) is 253 Å². The fraction of sp³-hybridized carbons (Fsp3) is 0.0159. The number of para-hydroxylation sites is 2. The highest BCUT2D eigenvalue weighted by Crippen LogP contribution is 2.62. The zero-order chi connectivity index (χ0) is 43.8. The maximum Gasteiger partial charge on any atom is 0.137 e. The van der Waals surface area contributed by atoms with Crippen molar-refractivity contribution in [3.8, 4) is 16.8 Å². The lowest BCUT2D eigenvalue weighted by Crippen LogP contribution is -2.36. The molecule has 15 rings (SSSR count). The molecule has 1 spiro atoms. The van der Waals surface area contributed by atoms with Gasteiger partial charge >= 0.3 is 0 Å². The average molecular weight is 871 g/mol. The fourth-order valence-corrected chi connectivity index (χ4v) is 13.1. The number of anilines is 3. The summed E-state index contributed by atoms with van der Waals surface area (Å²) in [6.07, 6.45) is 0. The summed E-state index contributed by atoms with van der Waals surface area (Å²) in [5.74, 6) is 0. The maximum absolute atomic E-state index is 6.63. The molecule has 1 atom stereocenters. The van der Waals surface area contributed by atoms with Gasteiger partial charge in [0.05, 0.1) is 22.1 Å². The highest BCUT2D eigenvalue weighted by atomic mass is 32.2. The number of aromatic nitrogens is 1. The van der Waals surface area contributed by atoms with Crippen LogP contribution in [0.4, 0.5) is 17.1 Å². The highest BCUT2D eigenvalue weighted by molar-refractivity contribution is 7.99. The quantitative estimate of drug-likeness (QED) is 0.176. The first-order valence-electron chi connectivity index (χ1n) is 23.0. The van der Waals surface area contributed by atoms with E-state index in [-0.39, 0.29) is 0 Å². The Labute approximate surface area is 390 Å². The molecule has 0 saturated heterocycles. The summed E-state index contributed by atoms with van der Waals surface area (Å²) in [6, 6.07) is 85.4. The van der Waals surface area contributed by atoms with Crippen molar-refractivity contribution in [1.29, 1.82) is 0 Å². The van der Waals surface area contributed by atoms with Crippen LogP contribution in [0.1, 0.15) is 22.3 Å². The molecule has 0 amide bonds. The molecule has 2 aromatic heterocycles. The number of rotatable bonds is 4. The van der Waals surface area contributed by atoms with Gasteiger partial charge in [0, 0.05) is 59.9 Å². The minimum atomic E-state index is -0.587. The van der Waals surface area contributed by atoms with E-state index < -0.39 is 5.41 Å². The van der Waals surface area contributed by atoms with E-state index in [1.54, 1.807) is 0 Å². The van der Waals surface area contributed by atoms with Crippen LogP contribution in [0, 0.1) is 0 Å². The molecule has 312 valence electrons. The topological polar surface area (TPSA) is 21.3 Å². The molecule has 0 N–H and O–H groups in total. The van der Waals surface area contributed by atoms with Crippen LogP contribution in [0.25, 0.3) is 82.1 Å². The first kappa shape index (κ1) is 37.0. The van der Waals surface area contributed by atoms with Crippen molar-refractivity contribution >= 4 is 94.1 Å². The molecule has 2 aliphatic rings. The Balaban J connectivity index is 1.03. The first-order valence-corrected chi connectivity index (χ1v) is 23.8. The van der Waals surface area contributed by atoms with Crippen LogP contribution in [0.2, 0.25) is 0 Å². The smallest absolute Gasteiger partial charge is 0.137 e. The Bertz CT molecular complexity index is 4220. The summed E-state index contributed by atoms with van der Waals surface area (Å²) in [4.78, 5) is 4.99. The van der Waals surface area contributed by atoms with Crippen LogP contribution in [-0.4, -0.2) is 4.57 Å². The second kappa shape index (κ2) is 13.9. The molecule has 0 radical (unpaired) electrons. The standard InChI is InChI=1S/C63H38N2OS/c1-2-18-44-39(14-1)15-13-27-55(44)65-56-26-8-4-20-46(56)47-33-30-42(37-57(47)65)64(43-31-34-49-48-21-5-9-28-58(48)66-59(49)38-43)41-32-35-61-54(36-41)63(52-24-7-10-29-60(52)67-61)51-23-6-3-19-45(51)50-22-11-16-40-17-12-25-53(63)62(40)50/h1-38H. The SMILES string of the molecule is c1ccc2c(c1)Sc1ccc(N(c3ccc4c(c3)oc3ccccc34)c3ccc4c5ccccc5n(-c5cccc6ccccc56)c4c3)cc1C21c2ccccc2-c2cccc3cccc1c23. The molecule has 1 aliphatic heterocycles. The third-order valence-electron chi connectivity index (χ3n) is 14.6. The van der Waals surface area contributed by atoms with Crippen molar-refractivity contribution in [1.82, 2.24) is 4.57 Å². The summed E-state index contributed by atoms with van der Waals surface area (Å²) < 4.78 is 9.10. The lowest BCUT2D eigenvalue weighted by Gasteiger charge is -2.46. The lowest BCUT2D eigenvalue weighted by molar-refractivity contribution is 0.669. The van der Waals surface area contributed by atoms with Gasteiger partial charge in [0.2, 0.25) is 0 Å². The molecule has 0 bridgehead atoms. The van der Waals surface area contributed by atoms with E-state index in [2.05, 4.69) is 234 Å². The molecule has 1 aliphatic carbocycles. The molecule has 0 fully saturated rings. The molecular weight excluding hydrogens is 833 g/mol. The molecular formula is C63H38N2OS. The van der Waals surface area contributed by atoms with Crippen molar-refractivity contribution in [3.63, 3.8) is 0 Å². The lowest BCUT2D eigenvalue weighted by atomic mass is 9.59. The summed E-state index contributed by atoms with van der Waals surface area (Å²) in [6.45, 7) is 0. The Morgan fingerprint density at radius 3 is 1.90 bits per heavy atom. The van der Waals surface area contributed by atoms with Crippen molar-refractivity contribution in [2.45, 2.75) is 15.2 Å². The van der Waals surface area contributed by atoms with Gasteiger partial charge in [0.1, 0.15) is 11.2 Å². The van der Waals surface area contributed by atoms with Gasteiger partial charge in [-0.2, -0.15) is 0 Å². The predicted molar refractivity (Wildman–Crippen MR) is 279 cm³/mol. The van der Waals surface area contributed by atoms with Gasteiger partial charge in [-0.1, -0.05) is 169 Å². The minimum Gasteiger partial charge on any atom is -0.456 e. The third kappa shape index (κ3) is 5.08. The Hall–Kier alpha value is -8.31. The zero-order valence-corrected chi connectivity index (χ0v) is 37.0. The second-order valence-corrected chi connectivity index (χ2v) is 19.0. The summed E-state index contributed by atoms with van der Waals surface area (Å²) >= 11 is 1.88. The number of furan rings is 1. The summed E-state index contributed by atoms with van der Waals surface area (Å²) in [5.41, 5.74) is 15.6. The molecule has 4 heteroatoms. The van der Waals surface area contributed by atoms with Crippen LogP contribution in [0.15, 0.2) is 245 Å². The van der Waals surface area contributed by atoms with Crippen molar-refractivity contribution < 1.29 is 4.42 Å². The minimum absolute atomic E-state index is 0.587. The van der Waals surface area contributed by atoms with Gasteiger partial charge in [-0.25, -0.2) is 0 Å². The van der Waals surface area contributed by atoms with Crippen LogP contribution in [0.5, 0.6) is 0 Å². The van der Waals surface area contributed by atoms with Crippen LogP contribution >= 0.6 is 11.8 Å². The molecule has 11 aromatic carbocycles. The van der Waals surface area contributed by atoms with E-state index in [1.807, 2.05) is 17.8 Å². The fourth-order valence-electron chi connectivity index (χ4n) is 11.9. The molecule has 3 heterocycles. The first-order chi connectivity index (χ1) is 33.2. The van der Waals surface area contributed by atoms with Gasteiger partial charge in [0.25, 0.3) is 0 Å². The number of hydrogen-bond acceptors (Lipinski definition) is 3. The Morgan fingerprint density at radius 1 is 0.373 bits per heavy atom. The van der Waals surface area contributed by atoms with E-state index >= 15 is 0 Å². The van der Waals surface area contributed by atoms with E-state index in [0.717, 1.165) is 50.2 Å². The molecule has 0 saturated carbocycles.